The van der Waals surface area contributed by atoms with Crippen LogP contribution < -0.4 is 0 Å². The number of fused-ring (bicyclic) bond motifs is 2. The molecule has 2 aliphatic heterocycles. The number of non-ortho nitro benzene ring substituents is 1. The lowest BCUT2D eigenvalue weighted by atomic mass is 9.96. The van der Waals surface area contributed by atoms with Crippen LogP contribution in [0.4, 0.5) is 10.1 Å². The average molecular weight is 520 g/mol. The van der Waals surface area contributed by atoms with E-state index in [9.17, 15) is 24.1 Å². The van der Waals surface area contributed by atoms with E-state index in [1.54, 1.807) is 18.2 Å². The van der Waals surface area contributed by atoms with Crippen LogP contribution in [0, 0.1) is 15.9 Å². The zero-order chi connectivity index (χ0) is 26.2. The first-order valence-corrected chi connectivity index (χ1v) is 12.0. The maximum Gasteiger partial charge on any atom is 0.328 e. The van der Waals surface area contributed by atoms with Gasteiger partial charge in [-0.25, -0.2) is 14.0 Å². The van der Waals surface area contributed by atoms with Crippen LogP contribution in [0.3, 0.4) is 0 Å². The number of hydrogen-bond donors (Lipinski definition) is 3. The van der Waals surface area contributed by atoms with E-state index < -0.39 is 11.9 Å². The summed E-state index contributed by atoms with van der Waals surface area (Å²) in [6, 6.07) is 9.84. The Hall–Kier alpha value is -3.32. The van der Waals surface area contributed by atoms with Gasteiger partial charge in [-0.3, -0.25) is 19.9 Å². The molecule has 1 saturated heterocycles. The number of carboxylic acid groups (broad SMARTS) is 2. The van der Waals surface area contributed by atoms with Crippen molar-refractivity contribution in [1.29, 1.82) is 0 Å². The van der Waals surface area contributed by atoms with E-state index in [4.69, 9.17) is 15.3 Å². The second-order valence-electron chi connectivity index (χ2n) is 8.16. The lowest BCUT2D eigenvalue weighted by Gasteiger charge is -2.39. The van der Waals surface area contributed by atoms with Gasteiger partial charge < -0.3 is 15.3 Å². The lowest BCUT2D eigenvalue weighted by Crippen LogP contribution is -2.48. The fourth-order valence-corrected chi connectivity index (χ4v) is 5.28. The van der Waals surface area contributed by atoms with Crippen LogP contribution in [0.5, 0.6) is 0 Å². The van der Waals surface area contributed by atoms with Crippen molar-refractivity contribution in [3.63, 3.8) is 0 Å². The lowest BCUT2D eigenvalue weighted by molar-refractivity contribution is -0.385. The van der Waals surface area contributed by atoms with Gasteiger partial charge in [0.15, 0.2) is 0 Å². The summed E-state index contributed by atoms with van der Waals surface area (Å²) in [5, 5.41) is 36.1. The molecule has 10 nitrogen and oxygen atoms in total. The van der Waals surface area contributed by atoms with Crippen LogP contribution in [0.1, 0.15) is 17.2 Å². The topological polar surface area (TPSA) is 144 Å². The molecule has 0 saturated carbocycles. The molecule has 0 aliphatic carbocycles. The highest BCUT2D eigenvalue weighted by Crippen LogP contribution is 2.44. The number of piperazine rings is 1. The van der Waals surface area contributed by atoms with E-state index in [1.165, 1.54) is 23.9 Å². The molecule has 0 spiro atoms. The van der Waals surface area contributed by atoms with Crippen molar-refractivity contribution in [2.75, 3.05) is 39.3 Å². The third-order valence-corrected chi connectivity index (χ3v) is 7.05. The second kappa shape index (κ2) is 12.6. The van der Waals surface area contributed by atoms with Gasteiger partial charge in [-0.05, 0) is 35.7 Å². The van der Waals surface area contributed by atoms with E-state index >= 15 is 0 Å². The van der Waals surface area contributed by atoms with Gasteiger partial charge in [0, 0.05) is 72.8 Å². The molecule has 2 aromatic carbocycles. The van der Waals surface area contributed by atoms with Gasteiger partial charge in [0.1, 0.15) is 5.82 Å². The molecule has 2 aromatic rings. The number of aliphatic carboxylic acids is 2. The zero-order valence-electron chi connectivity index (χ0n) is 19.2. The average Bonchev–Trinajstić information content (AvgIpc) is 2.99. The molecule has 36 heavy (non-hydrogen) atoms. The molecule has 0 amide bonds. The van der Waals surface area contributed by atoms with Crippen LogP contribution in [-0.4, -0.2) is 81.3 Å². The van der Waals surface area contributed by atoms with Crippen molar-refractivity contribution >= 4 is 29.4 Å². The zero-order valence-corrected chi connectivity index (χ0v) is 20.1. The number of nitro benzene ring substituents is 1. The third kappa shape index (κ3) is 7.34. The summed E-state index contributed by atoms with van der Waals surface area (Å²) in [6.45, 7) is 4.17. The predicted octanol–water partition coefficient (Wildman–Crippen LogP) is 2.80. The third-order valence-electron chi connectivity index (χ3n) is 5.86. The van der Waals surface area contributed by atoms with Crippen LogP contribution in [0.15, 0.2) is 58.3 Å². The quantitative estimate of drug-likeness (QED) is 0.296. The Morgan fingerprint density at radius 3 is 2.31 bits per heavy atom. The minimum absolute atomic E-state index is 0.00499. The Bertz CT molecular complexity index is 1140. The van der Waals surface area contributed by atoms with Gasteiger partial charge >= 0.3 is 11.9 Å². The van der Waals surface area contributed by atoms with Crippen molar-refractivity contribution < 1.29 is 34.2 Å². The van der Waals surface area contributed by atoms with Crippen molar-refractivity contribution in [3.05, 3.63) is 75.6 Å². The Morgan fingerprint density at radius 1 is 1.06 bits per heavy atom. The molecule has 192 valence electrons. The first kappa shape index (κ1) is 27.3. The highest BCUT2D eigenvalue weighted by molar-refractivity contribution is 7.99. The van der Waals surface area contributed by atoms with Gasteiger partial charge in [-0.1, -0.05) is 17.8 Å². The van der Waals surface area contributed by atoms with E-state index in [0.29, 0.717) is 25.1 Å². The highest BCUT2D eigenvalue weighted by atomic mass is 32.2. The maximum atomic E-state index is 13.8. The number of carbonyl (C=O) groups is 2. The number of β-amino-alcohol motifs (C(OH)–C–C–N with tert-alkyl or cyclic N) is 1. The summed E-state index contributed by atoms with van der Waals surface area (Å²) in [6.07, 6.45) is 1.81. The molecule has 3 N–H and O–H groups in total. The van der Waals surface area contributed by atoms with Crippen molar-refractivity contribution in [3.8, 4) is 0 Å². The second-order valence-corrected chi connectivity index (χ2v) is 9.25. The summed E-state index contributed by atoms with van der Waals surface area (Å²) < 4.78 is 13.8. The monoisotopic (exact) mass is 519 g/mol. The molecule has 1 unspecified atom stereocenters. The van der Waals surface area contributed by atoms with Gasteiger partial charge in [-0.2, -0.15) is 0 Å². The van der Waals surface area contributed by atoms with Crippen molar-refractivity contribution in [2.24, 2.45) is 0 Å². The number of aliphatic hydroxyl groups excluding tert-OH is 1. The molecule has 0 aromatic heterocycles. The minimum atomic E-state index is -1.26. The number of aliphatic hydroxyl groups is 1. The summed E-state index contributed by atoms with van der Waals surface area (Å²) in [4.78, 5) is 36.5. The number of nitro groups is 1. The molecule has 1 fully saturated rings. The molecule has 12 heteroatoms. The standard InChI is InChI=1S/C20H22FN3O3S.C4H4O4/c21-15-2-1-14-11-18(23-7-5-22(6-8-23)9-10-25)17-13-16(24(26)27)3-4-19(17)28-20(14)12-15;5-3(6)1-2-4(7)8/h1-4,12-13,18,25H,5-11H2;1-2H,(H,5,6)(H,7,8)/b;2-1-. The molecule has 4 rings (SSSR count). The summed E-state index contributed by atoms with van der Waals surface area (Å²) in [5.41, 5.74) is 2.08. The fraction of sp³-hybridized carbons (Fsp3) is 0.333. The normalized spacial score (nSPS) is 17.9. The van der Waals surface area contributed by atoms with Gasteiger partial charge in [-0.15, -0.1) is 0 Å². The smallest absolute Gasteiger partial charge is 0.328 e. The van der Waals surface area contributed by atoms with Crippen molar-refractivity contribution in [1.82, 2.24) is 9.80 Å². The summed E-state index contributed by atoms with van der Waals surface area (Å²) >= 11 is 1.48. The fourth-order valence-electron chi connectivity index (χ4n) is 4.14. The van der Waals surface area contributed by atoms with Crippen LogP contribution in [0.25, 0.3) is 0 Å². The Labute approximate surface area is 210 Å². The van der Waals surface area contributed by atoms with Gasteiger partial charge in [0.25, 0.3) is 5.69 Å². The Kier molecular flexibility index (Phi) is 9.53. The maximum absolute atomic E-state index is 13.8. The Morgan fingerprint density at radius 2 is 1.72 bits per heavy atom. The summed E-state index contributed by atoms with van der Waals surface area (Å²) in [5.74, 6) is -2.79. The molecule has 1 atom stereocenters. The number of rotatable bonds is 6. The first-order chi connectivity index (χ1) is 17.2. The van der Waals surface area contributed by atoms with Gasteiger partial charge in [0.05, 0.1) is 11.5 Å². The van der Waals surface area contributed by atoms with Crippen LogP contribution in [-0.2, 0) is 16.0 Å². The number of benzene rings is 2. The van der Waals surface area contributed by atoms with E-state index in [-0.39, 0.29) is 29.1 Å². The number of nitrogens with zero attached hydrogens (tertiary/aromatic N) is 3. The molecular weight excluding hydrogens is 493 g/mol. The number of halogens is 1. The van der Waals surface area contributed by atoms with E-state index in [0.717, 1.165) is 47.1 Å². The van der Waals surface area contributed by atoms with E-state index in [1.807, 2.05) is 6.07 Å². The highest BCUT2D eigenvalue weighted by Gasteiger charge is 2.31. The summed E-state index contributed by atoms with van der Waals surface area (Å²) in [7, 11) is 0. The molecule has 2 heterocycles. The number of carboxylic acids is 2. The SMILES string of the molecule is O=C(O)/C=C\C(=O)O.O=[N+]([O-])c1ccc2c(c1)C(N1CCN(CCO)CC1)Cc1ccc(F)cc1S2. The molecule has 0 radical (unpaired) electrons. The minimum Gasteiger partial charge on any atom is -0.478 e. The van der Waals surface area contributed by atoms with Crippen LogP contribution >= 0.6 is 11.8 Å². The number of hydrogen-bond acceptors (Lipinski definition) is 8. The molecular formula is C24H26FN3O7S. The van der Waals surface area contributed by atoms with Crippen LogP contribution in [0.2, 0.25) is 0 Å². The van der Waals surface area contributed by atoms with E-state index in [2.05, 4.69) is 9.80 Å². The predicted molar refractivity (Wildman–Crippen MR) is 130 cm³/mol. The largest absolute Gasteiger partial charge is 0.478 e. The molecule has 2 aliphatic rings. The van der Waals surface area contributed by atoms with Gasteiger partial charge in [0.2, 0.25) is 0 Å². The Balaban J connectivity index is 0.000000392. The molecule has 0 bridgehead atoms. The van der Waals surface area contributed by atoms with Crippen molar-refractivity contribution in [2.45, 2.75) is 22.3 Å². The first-order valence-electron chi connectivity index (χ1n) is 11.1.